The Morgan fingerprint density at radius 1 is 1.40 bits per heavy atom. The van der Waals surface area contributed by atoms with E-state index in [1.54, 1.807) is 6.20 Å². The average molecular weight is 358 g/mol. The Bertz CT molecular complexity index is 802. The number of aromatic nitrogens is 2. The lowest BCUT2D eigenvalue weighted by atomic mass is 10.0. The molecule has 0 spiro atoms. The highest BCUT2D eigenvalue weighted by Crippen LogP contribution is 2.34. The normalized spacial score (nSPS) is 16.9. The largest absolute Gasteiger partial charge is 0.351 e. The third-order valence-electron chi connectivity index (χ3n) is 4.36. The van der Waals surface area contributed by atoms with Gasteiger partial charge in [-0.1, -0.05) is 0 Å². The van der Waals surface area contributed by atoms with E-state index in [-0.39, 0.29) is 17.9 Å². The number of carbonyl (C=O) groups excluding carboxylic acids is 2. The molecular formula is C18H22N4O2S. The number of nitrogens with one attached hydrogen (secondary N) is 1. The fraction of sp³-hybridized carbons (Fsp3) is 0.444. The van der Waals surface area contributed by atoms with Gasteiger partial charge in [-0.2, -0.15) is 0 Å². The van der Waals surface area contributed by atoms with E-state index in [9.17, 15) is 9.59 Å². The molecule has 7 heteroatoms. The Balaban J connectivity index is 1.82. The first-order valence-electron chi connectivity index (χ1n) is 8.40. The molecule has 1 fully saturated rings. The zero-order valence-corrected chi connectivity index (χ0v) is 15.5. The first-order valence-corrected chi connectivity index (χ1v) is 9.21. The molecule has 6 nitrogen and oxygen atoms in total. The summed E-state index contributed by atoms with van der Waals surface area (Å²) in [5.74, 6) is -0.0215. The van der Waals surface area contributed by atoms with Crippen molar-refractivity contribution in [3.8, 4) is 0 Å². The molecule has 1 saturated heterocycles. The van der Waals surface area contributed by atoms with Crippen LogP contribution in [0.1, 0.15) is 57.4 Å². The van der Waals surface area contributed by atoms with E-state index in [0.717, 1.165) is 46.2 Å². The number of amides is 2. The Hall–Kier alpha value is -2.28. The van der Waals surface area contributed by atoms with Gasteiger partial charge >= 0.3 is 0 Å². The summed E-state index contributed by atoms with van der Waals surface area (Å²) in [5, 5.41) is 3.68. The van der Waals surface area contributed by atoms with Gasteiger partial charge in [0.15, 0.2) is 0 Å². The molecule has 1 atom stereocenters. The molecule has 3 heterocycles. The monoisotopic (exact) mass is 358 g/mol. The van der Waals surface area contributed by atoms with Crippen molar-refractivity contribution in [1.29, 1.82) is 0 Å². The summed E-state index contributed by atoms with van der Waals surface area (Å²) in [6, 6.07) is 3.99. The molecule has 3 rings (SSSR count). The molecule has 1 unspecified atom stereocenters. The number of hydrogen-bond acceptors (Lipinski definition) is 5. The van der Waals surface area contributed by atoms with E-state index in [0.29, 0.717) is 6.54 Å². The van der Waals surface area contributed by atoms with Crippen molar-refractivity contribution >= 4 is 23.2 Å². The highest BCUT2D eigenvalue weighted by Gasteiger charge is 2.32. The van der Waals surface area contributed by atoms with Gasteiger partial charge in [0, 0.05) is 19.7 Å². The summed E-state index contributed by atoms with van der Waals surface area (Å²) in [6.07, 6.45) is 3.66. The standard InChI is InChI=1S/C18H22N4O2S/c1-11-17(25-13(3)21-11)18(24)22-8-4-5-16(22)14-6-7-19-15(9-14)10-20-12(2)23/h6-7,9,16H,4-5,8,10H2,1-3H3,(H,20,23). The van der Waals surface area contributed by atoms with Crippen LogP contribution in [0.4, 0.5) is 0 Å². The van der Waals surface area contributed by atoms with Gasteiger partial charge < -0.3 is 10.2 Å². The zero-order chi connectivity index (χ0) is 18.0. The average Bonchev–Trinajstić information content (AvgIpc) is 3.19. The van der Waals surface area contributed by atoms with Crippen LogP contribution in [0.15, 0.2) is 18.3 Å². The predicted molar refractivity (Wildman–Crippen MR) is 96.4 cm³/mol. The molecule has 2 amide bonds. The summed E-state index contributed by atoms with van der Waals surface area (Å²) in [7, 11) is 0. The number of pyridine rings is 1. The summed E-state index contributed by atoms with van der Waals surface area (Å²) in [6.45, 7) is 6.45. The molecule has 25 heavy (non-hydrogen) atoms. The van der Waals surface area contributed by atoms with Crippen molar-refractivity contribution in [3.63, 3.8) is 0 Å². The van der Waals surface area contributed by atoms with Crippen molar-refractivity contribution in [2.75, 3.05) is 6.54 Å². The third-order valence-corrected chi connectivity index (χ3v) is 5.42. The van der Waals surface area contributed by atoms with Crippen molar-refractivity contribution < 1.29 is 9.59 Å². The van der Waals surface area contributed by atoms with Gasteiger partial charge in [0.05, 0.1) is 29.0 Å². The van der Waals surface area contributed by atoms with Gasteiger partial charge in [-0.05, 0) is 44.4 Å². The van der Waals surface area contributed by atoms with Crippen LogP contribution >= 0.6 is 11.3 Å². The predicted octanol–water partition coefficient (Wildman–Crippen LogP) is 2.77. The highest BCUT2D eigenvalue weighted by atomic mass is 32.1. The quantitative estimate of drug-likeness (QED) is 0.912. The number of aryl methyl sites for hydroxylation is 2. The first kappa shape index (κ1) is 17.5. The minimum atomic E-state index is -0.0825. The summed E-state index contributed by atoms with van der Waals surface area (Å²) in [4.78, 5) is 35.4. The molecular weight excluding hydrogens is 336 g/mol. The topological polar surface area (TPSA) is 75.2 Å². The Labute approximate surface area is 151 Å². The van der Waals surface area contributed by atoms with E-state index in [1.165, 1.54) is 18.3 Å². The maximum absolute atomic E-state index is 13.0. The van der Waals surface area contributed by atoms with Crippen LogP contribution in [0.2, 0.25) is 0 Å². The second-order valence-electron chi connectivity index (χ2n) is 6.29. The molecule has 2 aromatic rings. The van der Waals surface area contributed by atoms with Gasteiger partial charge in [0.1, 0.15) is 4.88 Å². The van der Waals surface area contributed by atoms with Crippen LogP contribution < -0.4 is 5.32 Å². The van der Waals surface area contributed by atoms with Crippen molar-refractivity contribution in [2.45, 2.75) is 46.2 Å². The van der Waals surface area contributed by atoms with Crippen LogP contribution in [0.25, 0.3) is 0 Å². The minimum absolute atomic E-state index is 0.0494. The van der Waals surface area contributed by atoms with E-state index >= 15 is 0 Å². The zero-order valence-electron chi connectivity index (χ0n) is 14.7. The molecule has 1 N–H and O–H groups in total. The van der Waals surface area contributed by atoms with Gasteiger partial charge in [0.25, 0.3) is 5.91 Å². The molecule has 0 aromatic carbocycles. The minimum Gasteiger partial charge on any atom is -0.351 e. The Morgan fingerprint density at radius 2 is 2.20 bits per heavy atom. The lowest BCUT2D eigenvalue weighted by molar-refractivity contribution is -0.119. The van der Waals surface area contributed by atoms with Crippen LogP contribution in [-0.4, -0.2) is 33.2 Å². The van der Waals surface area contributed by atoms with E-state index in [2.05, 4.69) is 15.3 Å². The van der Waals surface area contributed by atoms with Crippen LogP contribution in [0.5, 0.6) is 0 Å². The SMILES string of the molecule is CC(=O)NCc1cc(C2CCCN2C(=O)c2sc(C)nc2C)ccn1. The van der Waals surface area contributed by atoms with Crippen LogP contribution in [0, 0.1) is 13.8 Å². The number of thiazole rings is 1. The summed E-state index contributed by atoms with van der Waals surface area (Å²) in [5.41, 5.74) is 2.68. The fourth-order valence-corrected chi connectivity index (χ4v) is 4.11. The summed E-state index contributed by atoms with van der Waals surface area (Å²) < 4.78 is 0. The Morgan fingerprint density at radius 3 is 2.88 bits per heavy atom. The Kier molecular flexibility index (Phi) is 5.13. The number of hydrogen-bond donors (Lipinski definition) is 1. The maximum atomic E-state index is 13.0. The molecule has 0 saturated carbocycles. The van der Waals surface area contributed by atoms with Crippen LogP contribution in [-0.2, 0) is 11.3 Å². The van der Waals surface area contributed by atoms with Gasteiger partial charge in [-0.15, -0.1) is 11.3 Å². The first-order chi connectivity index (χ1) is 12.0. The van der Waals surface area contributed by atoms with Gasteiger partial charge in [-0.25, -0.2) is 4.98 Å². The highest BCUT2D eigenvalue weighted by molar-refractivity contribution is 7.13. The molecule has 1 aliphatic heterocycles. The smallest absolute Gasteiger partial charge is 0.266 e. The lowest BCUT2D eigenvalue weighted by Crippen LogP contribution is -2.30. The maximum Gasteiger partial charge on any atom is 0.266 e. The second-order valence-corrected chi connectivity index (χ2v) is 7.50. The number of rotatable bonds is 4. The van der Waals surface area contributed by atoms with Gasteiger partial charge in [-0.3, -0.25) is 14.6 Å². The van der Waals surface area contributed by atoms with Crippen molar-refractivity contribution in [3.05, 3.63) is 45.2 Å². The van der Waals surface area contributed by atoms with Crippen LogP contribution in [0.3, 0.4) is 0 Å². The van der Waals surface area contributed by atoms with Crippen molar-refractivity contribution in [1.82, 2.24) is 20.2 Å². The molecule has 1 aliphatic rings. The number of likely N-dealkylation sites (tertiary alicyclic amines) is 1. The summed E-state index contributed by atoms with van der Waals surface area (Å²) >= 11 is 1.46. The number of carbonyl (C=O) groups is 2. The van der Waals surface area contributed by atoms with E-state index < -0.39 is 0 Å². The third kappa shape index (κ3) is 3.87. The molecule has 0 bridgehead atoms. The van der Waals surface area contributed by atoms with Gasteiger partial charge in [0.2, 0.25) is 5.91 Å². The fourth-order valence-electron chi connectivity index (χ4n) is 3.23. The second kappa shape index (κ2) is 7.31. The van der Waals surface area contributed by atoms with E-state index in [1.807, 2.05) is 30.9 Å². The van der Waals surface area contributed by atoms with E-state index in [4.69, 9.17) is 0 Å². The molecule has 0 radical (unpaired) electrons. The molecule has 2 aromatic heterocycles. The lowest BCUT2D eigenvalue weighted by Gasteiger charge is -2.25. The number of nitrogens with zero attached hydrogens (tertiary/aromatic N) is 3. The molecule has 132 valence electrons. The van der Waals surface area contributed by atoms with Crippen molar-refractivity contribution in [2.24, 2.45) is 0 Å². The molecule has 0 aliphatic carbocycles.